The molecule has 0 spiro atoms. The number of aryl methyl sites for hydroxylation is 1. The van der Waals surface area contributed by atoms with Gasteiger partial charge in [0.25, 0.3) is 0 Å². The molecule has 204 valence electrons. The number of benzene rings is 3. The maximum atomic E-state index is 12.8. The summed E-state index contributed by atoms with van der Waals surface area (Å²) in [5.74, 6) is -0.125. The summed E-state index contributed by atoms with van der Waals surface area (Å²) in [5, 5.41) is 16.7. The lowest BCUT2D eigenvalue weighted by molar-refractivity contribution is -0.120. The normalized spacial score (nSPS) is 10.6. The second-order valence-electron chi connectivity index (χ2n) is 9.28. The molecule has 0 aliphatic rings. The highest BCUT2D eigenvalue weighted by Crippen LogP contribution is 2.26. The lowest BCUT2D eigenvalue weighted by atomic mass is 10.1. The highest BCUT2D eigenvalue weighted by Gasteiger charge is 2.15. The second kappa shape index (κ2) is 13.9. The molecule has 4 aromatic rings. The summed E-state index contributed by atoms with van der Waals surface area (Å²) in [6.45, 7) is 3.82. The number of halogens is 2. The lowest BCUT2D eigenvalue weighted by Crippen LogP contribution is -2.40. The quantitative estimate of drug-likeness (QED) is 0.221. The number of nitrogens with one attached hydrogen (secondary N) is 2. The Labute approximate surface area is 249 Å². The molecular weight excluding hydrogens is 563 g/mol. The fourth-order valence-electron chi connectivity index (χ4n) is 4.13. The van der Waals surface area contributed by atoms with Gasteiger partial charge in [0, 0.05) is 43.8 Å². The average Bonchev–Trinajstić information content (AvgIpc) is 3.37. The summed E-state index contributed by atoms with van der Waals surface area (Å²) in [6, 6.07) is 22.9. The first kappa shape index (κ1) is 29.1. The van der Waals surface area contributed by atoms with Crippen molar-refractivity contribution in [1.82, 2.24) is 19.8 Å². The molecule has 2 N–H and O–H groups in total. The van der Waals surface area contributed by atoms with E-state index >= 15 is 0 Å². The summed E-state index contributed by atoms with van der Waals surface area (Å²) >= 11 is 18.4. The number of aromatic nitrogens is 2. The number of nitrogens with zero attached hydrogens (tertiary/aromatic N) is 4. The first-order valence-corrected chi connectivity index (χ1v) is 13.8. The van der Waals surface area contributed by atoms with Crippen molar-refractivity contribution in [3.63, 3.8) is 0 Å². The van der Waals surface area contributed by atoms with Crippen LogP contribution in [-0.4, -0.2) is 38.6 Å². The third-order valence-electron chi connectivity index (χ3n) is 6.23. The molecule has 1 amide bonds. The largest absolute Gasteiger partial charge is 0.354 e. The van der Waals surface area contributed by atoms with Crippen LogP contribution >= 0.6 is 35.4 Å². The molecule has 4 rings (SSSR count). The van der Waals surface area contributed by atoms with Crippen LogP contribution < -0.4 is 10.6 Å². The van der Waals surface area contributed by atoms with Gasteiger partial charge >= 0.3 is 0 Å². The summed E-state index contributed by atoms with van der Waals surface area (Å²) in [7, 11) is 0. The fourth-order valence-corrected chi connectivity index (χ4v) is 4.78. The van der Waals surface area contributed by atoms with Crippen LogP contribution in [0, 0.1) is 18.3 Å². The molecule has 7 nitrogen and oxygen atoms in total. The first-order valence-electron chi connectivity index (χ1n) is 12.6. The van der Waals surface area contributed by atoms with E-state index in [1.165, 1.54) is 0 Å². The van der Waals surface area contributed by atoms with Crippen molar-refractivity contribution in [3.8, 4) is 6.07 Å². The minimum absolute atomic E-state index is 0.125. The fraction of sp³-hybridized carbons (Fsp3) is 0.200. The van der Waals surface area contributed by atoms with Gasteiger partial charge in [-0.05, 0) is 66.2 Å². The van der Waals surface area contributed by atoms with Crippen molar-refractivity contribution in [2.75, 3.05) is 18.4 Å². The first-order chi connectivity index (χ1) is 19.3. The Kier molecular flexibility index (Phi) is 10.1. The van der Waals surface area contributed by atoms with Crippen molar-refractivity contribution >= 4 is 52.1 Å². The monoisotopic (exact) mass is 590 g/mol. The summed E-state index contributed by atoms with van der Waals surface area (Å²) in [5.41, 5.74) is 5.24. The number of anilines is 1. The number of carbonyl (C=O) groups excluding carboxylic acids is 1. The third-order valence-corrected chi connectivity index (χ3v) is 7.45. The van der Waals surface area contributed by atoms with Gasteiger partial charge in [0.1, 0.15) is 0 Å². The second-order valence-corrected chi connectivity index (χ2v) is 10.5. The van der Waals surface area contributed by atoms with Crippen molar-refractivity contribution in [3.05, 3.63) is 117 Å². The number of amides is 1. The van der Waals surface area contributed by atoms with Crippen LogP contribution in [0.4, 0.5) is 5.69 Å². The van der Waals surface area contributed by atoms with Gasteiger partial charge in [-0.1, -0.05) is 59.6 Å². The maximum Gasteiger partial charge on any atom is 0.226 e. The van der Waals surface area contributed by atoms with Gasteiger partial charge in [0.2, 0.25) is 5.91 Å². The number of nitriles is 1. The van der Waals surface area contributed by atoms with Gasteiger partial charge < -0.3 is 20.1 Å². The Morgan fingerprint density at radius 1 is 1.12 bits per heavy atom. The molecule has 0 bridgehead atoms. The topological polar surface area (TPSA) is 86.0 Å². The molecule has 0 fully saturated rings. The van der Waals surface area contributed by atoms with E-state index in [9.17, 15) is 4.79 Å². The molecule has 0 radical (unpaired) electrons. The Morgan fingerprint density at radius 3 is 2.65 bits per heavy atom. The molecular formula is C30H28Cl2N6OS. The number of thiocarbonyl (C=S) groups is 1. The molecule has 0 saturated heterocycles. The Hall–Kier alpha value is -3.90. The minimum atomic E-state index is -0.125. The number of carbonyl (C=O) groups is 1. The Balaban J connectivity index is 1.37. The molecule has 40 heavy (non-hydrogen) atoms. The zero-order valence-electron chi connectivity index (χ0n) is 21.9. The minimum Gasteiger partial charge on any atom is -0.354 e. The number of imidazole rings is 1. The maximum absolute atomic E-state index is 12.8. The van der Waals surface area contributed by atoms with Crippen molar-refractivity contribution in [1.29, 1.82) is 5.26 Å². The zero-order valence-corrected chi connectivity index (χ0v) is 24.2. The van der Waals surface area contributed by atoms with Gasteiger partial charge in [-0.15, -0.1) is 0 Å². The zero-order chi connectivity index (χ0) is 28.5. The molecule has 10 heteroatoms. The smallest absolute Gasteiger partial charge is 0.226 e. The van der Waals surface area contributed by atoms with Crippen molar-refractivity contribution < 1.29 is 4.79 Å². The number of rotatable bonds is 10. The highest BCUT2D eigenvalue weighted by atomic mass is 35.5. The molecule has 1 aromatic heterocycles. The van der Waals surface area contributed by atoms with Crippen LogP contribution in [0.15, 0.2) is 79.3 Å². The van der Waals surface area contributed by atoms with Crippen LogP contribution in [0.5, 0.6) is 0 Å². The van der Waals surface area contributed by atoms with E-state index in [0.29, 0.717) is 46.9 Å². The lowest BCUT2D eigenvalue weighted by Gasteiger charge is -2.27. The summed E-state index contributed by atoms with van der Waals surface area (Å²) in [6.07, 6.45) is 3.58. The van der Waals surface area contributed by atoms with Gasteiger partial charge in [0.15, 0.2) is 5.11 Å². The van der Waals surface area contributed by atoms with E-state index in [1.807, 2.05) is 64.9 Å². The van der Waals surface area contributed by atoms with Crippen LogP contribution in [0.3, 0.4) is 0 Å². The Morgan fingerprint density at radius 2 is 1.90 bits per heavy atom. The van der Waals surface area contributed by atoms with E-state index in [1.54, 1.807) is 30.7 Å². The van der Waals surface area contributed by atoms with E-state index in [-0.39, 0.29) is 12.3 Å². The van der Waals surface area contributed by atoms with E-state index < -0.39 is 0 Å². The molecule has 0 aliphatic carbocycles. The Bertz CT molecular complexity index is 1530. The van der Waals surface area contributed by atoms with Crippen LogP contribution in [0.1, 0.15) is 27.9 Å². The molecule has 1 heterocycles. The van der Waals surface area contributed by atoms with Crippen molar-refractivity contribution in [2.45, 2.75) is 26.4 Å². The molecule has 0 atom stereocenters. The average molecular weight is 592 g/mol. The predicted molar refractivity (Wildman–Crippen MR) is 163 cm³/mol. The van der Waals surface area contributed by atoms with Gasteiger partial charge in [0.05, 0.1) is 34.4 Å². The number of hydrogen-bond acceptors (Lipinski definition) is 4. The van der Waals surface area contributed by atoms with E-state index in [2.05, 4.69) is 21.7 Å². The third kappa shape index (κ3) is 8.06. The molecule has 0 aliphatic heterocycles. The van der Waals surface area contributed by atoms with Gasteiger partial charge in [-0.25, -0.2) is 4.98 Å². The van der Waals surface area contributed by atoms with Crippen molar-refractivity contribution in [2.24, 2.45) is 0 Å². The number of hydrogen-bond donors (Lipinski definition) is 2. The van der Waals surface area contributed by atoms with Crippen LogP contribution in [0.2, 0.25) is 10.0 Å². The highest BCUT2D eigenvalue weighted by molar-refractivity contribution is 7.80. The van der Waals surface area contributed by atoms with E-state index in [4.69, 9.17) is 40.7 Å². The molecule has 0 unspecified atom stereocenters. The predicted octanol–water partition coefficient (Wildman–Crippen LogP) is 5.98. The summed E-state index contributed by atoms with van der Waals surface area (Å²) < 4.78 is 1.93. The standard InChI is InChI=1S/C30H28Cl2N6OS/c1-21-4-2-6-25(14-21)36-30(40)37(19-24-5-3-7-27(31)29(24)32)13-12-35-28(39)15-26-17-34-20-38(26)18-23-10-8-22(16-33)9-11-23/h2-11,14,17,20H,12-13,15,18-19H2,1H3,(H,35,39)(H,36,40). The van der Waals surface area contributed by atoms with Crippen LogP contribution in [-0.2, 0) is 24.3 Å². The summed E-state index contributed by atoms with van der Waals surface area (Å²) in [4.78, 5) is 19.0. The molecule has 3 aromatic carbocycles. The SMILES string of the molecule is Cc1cccc(NC(=S)N(CCNC(=O)Cc2cncn2Cc2ccc(C#N)cc2)Cc2cccc(Cl)c2Cl)c1. The van der Waals surface area contributed by atoms with E-state index in [0.717, 1.165) is 28.1 Å². The van der Waals surface area contributed by atoms with Gasteiger partial charge in [-0.3, -0.25) is 4.79 Å². The van der Waals surface area contributed by atoms with Crippen LogP contribution in [0.25, 0.3) is 0 Å². The van der Waals surface area contributed by atoms with Gasteiger partial charge in [-0.2, -0.15) is 5.26 Å². The molecule has 0 saturated carbocycles.